The van der Waals surface area contributed by atoms with Gasteiger partial charge in [0.25, 0.3) is 6.01 Å². The molecule has 30 heavy (non-hydrogen) atoms. The van der Waals surface area contributed by atoms with Crippen LogP contribution in [0.3, 0.4) is 0 Å². The van der Waals surface area contributed by atoms with Crippen molar-refractivity contribution in [2.75, 3.05) is 13.2 Å². The molecule has 0 spiro atoms. The normalized spacial score (nSPS) is 25.6. The first-order valence-electron chi connectivity index (χ1n) is 9.56. The van der Waals surface area contributed by atoms with Crippen molar-refractivity contribution in [2.45, 2.75) is 37.6 Å². The summed E-state index contributed by atoms with van der Waals surface area (Å²) in [6.07, 6.45) is -1.72. The van der Waals surface area contributed by atoms with E-state index in [0.717, 1.165) is 11.1 Å². The molecule has 3 aromatic rings. The lowest BCUT2D eigenvalue weighted by atomic mass is 10.1. The summed E-state index contributed by atoms with van der Waals surface area (Å²) in [4.78, 5) is 11.8. The molecule has 5 rings (SSSR count). The molecule has 4 atom stereocenters. The number of aliphatic hydroxyl groups excluding tert-OH is 2. The van der Waals surface area contributed by atoms with Crippen LogP contribution in [0.15, 0.2) is 30.3 Å². The number of pyridine rings is 1. The zero-order valence-corrected chi connectivity index (χ0v) is 16.6. The van der Waals surface area contributed by atoms with Gasteiger partial charge in [-0.3, -0.25) is 0 Å². The van der Waals surface area contributed by atoms with Crippen LogP contribution in [0.1, 0.15) is 11.1 Å². The van der Waals surface area contributed by atoms with Gasteiger partial charge in [0.1, 0.15) is 29.9 Å². The predicted octanol–water partition coefficient (Wildman–Crippen LogP) is 1.59. The largest absolute Gasteiger partial charge is 0.472 e. The van der Waals surface area contributed by atoms with Crippen LogP contribution < -0.4 is 9.47 Å². The third-order valence-electron chi connectivity index (χ3n) is 5.20. The van der Waals surface area contributed by atoms with Crippen LogP contribution in [0.2, 0.25) is 5.02 Å². The Labute approximate surface area is 176 Å². The van der Waals surface area contributed by atoms with E-state index in [4.69, 9.17) is 35.7 Å². The molecule has 4 heterocycles. The SMILES string of the molecule is OCc1ccc(COc2nc3nc(O[C@@H]4COC5[C@H](O)CO[C@@H]54)[nH]c3cc2Cl)cc1. The lowest BCUT2D eigenvalue weighted by molar-refractivity contribution is 0.00706. The van der Waals surface area contributed by atoms with Crippen LogP contribution >= 0.6 is 11.6 Å². The van der Waals surface area contributed by atoms with Gasteiger partial charge in [-0.15, -0.1) is 0 Å². The molecule has 2 aliphatic rings. The second kappa shape index (κ2) is 8.01. The van der Waals surface area contributed by atoms with E-state index in [9.17, 15) is 5.11 Å². The third-order valence-corrected chi connectivity index (χ3v) is 5.47. The Morgan fingerprint density at radius 2 is 1.87 bits per heavy atom. The lowest BCUT2D eigenvalue weighted by Crippen LogP contribution is -2.34. The second-order valence-corrected chi connectivity index (χ2v) is 7.68. The van der Waals surface area contributed by atoms with Crippen LogP contribution in [-0.2, 0) is 22.7 Å². The van der Waals surface area contributed by atoms with E-state index in [2.05, 4.69) is 15.0 Å². The minimum Gasteiger partial charge on any atom is -0.472 e. The molecule has 2 saturated heterocycles. The van der Waals surface area contributed by atoms with Crippen molar-refractivity contribution in [3.05, 3.63) is 46.5 Å². The van der Waals surface area contributed by atoms with Gasteiger partial charge in [-0.05, 0) is 17.2 Å². The maximum absolute atomic E-state index is 9.84. The van der Waals surface area contributed by atoms with Crippen molar-refractivity contribution in [1.29, 1.82) is 0 Å². The highest BCUT2D eigenvalue weighted by Crippen LogP contribution is 2.31. The van der Waals surface area contributed by atoms with Crippen LogP contribution in [-0.4, -0.2) is 62.8 Å². The van der Waals surface area contributed by atoms with E-state index in [0.29, 0.717) is 22.8 Å². The van der Waals surface area contributed by atoms with Crippen molar-refractivity contribution in [3.8, 4) is 11.9 Å². The first kappa shape index (κ1) is 19.5. The molecule has 0 bridgehead atoms. The minimum absolute atomic E-state index is 0.00412. The smallest absolute Gasteiger partial charge is 0.296 e. The molecule has 2 fully saturated rings. The average molecular weight is 434 g/mol. The number of nitrogens with one attached hydrogen (secondary N) is 1. The number of aromatic nitrogens is 3. The summed E-state index contributed by atoms with van der Waals surface area (Å²) in [5.41, 5.74) is 2.77. The lowest BCUT2D eigenvalue weighted by Gasteiger charge is -2.15. The monoisotopic (exact) mass is 433 g/mol. The molecule has 0 aliphatic carbocycles. The van der Waals surface area contributed by atoms with E-state index in [1.54, 1.807) is 6.07 Å². The molecule has 10 heteroatoms. The Morgan fingerprint density at radius 3 is 2.67 bits per heavy atom. The van der Waals surface area contributed by atoms with Crippen molar-refractivity contribution in [3.63, 3.8) is 0 Å². The topological polar surface area (TPSA) is 119 Å². The predicted molar refractivity (Wildman–Crippen MR) is 105 cm³/mol. The summed E-state index contributed by atoms with van der Waals surface area (Å²) < 4.78 is 22.8. The fourth-order valence-corrected chi connectivity index (χ4v) is 3.82. The fourth-order valence-electron chi connectivity index (χ4n) is 3.62. The van der Waals surface area contributed by atoms with Gasteiger partial charge in [-0.2, -0.15) is 9.97 Å². The van der Waals surface area contributed by atoms with E-state index < -0.39 is 6.10 Å². The number of aromatic amines is 1. The Kier molecular flexibility index (Phi) is 5.21. The average Bonchev–Trinajstić information content (AvgIpc) is 3.44. The van der Waals surface area contributed by atoms with Gasteiger partial charge in [0, 0.05) is 0 Å². The number of benzene rings is 1. The van der Waals surface area contributed by atoms with Gasteiger partial charge in [0.15, 0.2) is 11.8 Å². The van der Waals surface area contributed by atoms with Gasteiger partial charge in [-0.1, -0.05) is 35.9 Å². The van der Waals surface area contributed by atoms with Gasteiger partial charge in [0.2, 0.25) is 5.88 Å². The Bertz CT molecular complexity index is 1040. The summed E-state index contributed by atoms with van der Waals surface area (Å²) in [7, 11) is 0. The quantitative estimate of drug-likeness (QED) is 0.536. The molecular formula is C20H20ClN3O6. The molecule has 9 nitrogen and oxygen atoms in total. The molecule has 0 radical (unpaired) electrons. The molecule has 2 aliphatic heterocycles. The van der Waals surface area contributed by atoms with Gasteiger partial charge in [-0.25, -0.2) is 0 Å². The Balaban J connectivity index is 1.29. The number of aliphatic hydroxyl groups is 2. The number of fused-ring (bicyclic) bond motifs is 2. The van der Waals surface area contributed by atoms with Crippen molar-refractivity contribution < 1.29 is 29.2 Å². The summed E-state index contributed by atoms with van der Waals surface area (Å²) in [6, 6.07) is 9.36. The van der Waals surface area contributed by atoms with E-state index >= 15 is 0 Å². The second-order valence-electron chi connectivity index (χ2n) is 7.27. The maximum Gasteiger partial charge on any atom is 0.296 e. The number of hydrogen-bond donors (Lipinski definition) is 3. The van der Waals surface area contributed by atoms with Crippen LogP contribution in [0, 0.1) is 0 Å². The molecule has 3 N–H and O–H groups in total. The van der Waals surface area contributed by atoms with Crippen molar-refractivity contribution >= 4 is 22.8 Å². The zero-order valence-electron chi connectivity index (χ0n) is 15.8. The van der Waals surface area contributed by atoms with Crippen LogP contribution in [0.4, 0.5) is 0 Å². The number of ether oxygens (including phenoxy) is 4. The number of hydrogen-bond acceptors (Lipinski definition) is 8. The van der Waals surface area contributed by atoms with Gasteiger partial charge in [0.05, 0.1) is 25.3 Å². The number of H-pyrrole nitrogens is 1. The molecule has 0 amide bonds. The van der Waals surface area contributed by atoms with Crippen molar-refractivity contribution in [2.24, 2.45) is 0 Å². The third kappa shape index (κ3) is 3.70. The standard InChI is InChI=1S/C20H20ClN3O6/c21-12-5-13-18(23-19(12)29-7-11-3-1-10(6-25)2-4-11)24-20(22-13)30-15-9-28-16-14(26)8-27-17(15)16/h1-5,14-17,25-26H,6-9H2,(H,22,23,24)/t14-,15-,16?,17-/m1/s1. The van der Waals surface area contributed by atoms with Crippen molar-refractivity contribution in [1.82, 2.24) is 15.0 Å². The van der Waals surface area contributed by atoms with Crippen LogP contribution in [0.5, 0.6) is 11.9 Å². The zero-order chi connectivity index (χ0) is 20.7. The van der Waals surface area contributed by atoms with Gasteiger partial charge >= 0.3 is 0 Å². The first-order chi connectivity index (χ1) is 14.6. The Morgan fingerprint density at radius 1 is 1.10 bits per heavy atom. The summed E-state index contributed by atoms with van der Waals surface area (Å²) in [5, 5.41) is 19.3. The van der Waals surface area contributed by atoms with E-state index in [-0.39, 0.29) is 50.0 Å². The highest BCUT2D eigenvalue weighted by Gasteiger charge is 2.48. The highest BCUT2D eigenvalue weighted by molar-refractivity contribution is 6.32. The van der Waals surface area contributed by atoms with E-state index in [1.165, 1.54) is 0 Å². The maximum atomic E-state index is 9.84. The number of nitrogens with zero attached hydrogens (tertiary/aromatic N) is 2. The Hall–Kier alpha value is -2.43. The number of rotatable bonds is 6. The number of halogens is 1. The molecule has 158 valence electrons. The molecule has 2 aromatic heterocycles. The molecule has 0 saturated carbocycles. The van der Waals surface area contributed by atoms with E-state index in [1.807, 2.05) is 24.3 Å². The van der Waals surface area contributed by atoms with Gasteiger partial charge < -0.3 is 34.1 Å². The summed E-state index contributed by atoms with van der Waals surface area (Å²) in [6.45, 7) is 0.812. The van der Waals surface area contributed by atoms with Crippen LogP contribution in [0.25, 0.3) is 11.2 Å². The first-order valence-corrected chi connectivity index (χ1v) is 9.94. The minimum atomic E-state index is -0.640. The fraction of sp³-hybridized carbons (Fsp3) is 0.400. The molecular weight excluding hydrogens is 414 g/mol. The molecule has 1 aromatic carbocycles. The summed E-state index contributed by atoms with van der Waals surface area (Å²) in [5.74, 6) is 0.264. The number of imidazole rings is 1. The molecule has 1 unspecified atom stereocenters. The highest BCUT2D eigenvalue weighted by atomic mass is 35.5. The summed E-state index contributed by atoms with van der Waals surface area (Å²) >= 11 is 6.31.